The number of aromatic nitrogens is 1. The highest BCUT2D eigenvalue weighted by atomic mass is 16.5. The first-order valence-electron chi connectivity index (χ1n) is 9.35. The van der Waals surface area contributed by atoms with E-state index in [1.54, 1.807) is 13.2 Å². The summed E-state index contributed by atoms with van der Waals surface area (Å²) in [6.45, 7) is 2.97. The number of methoxy groups -OCH3 is 1. The molecule has 0 amide bonds. The lowest BCUT2D eigenvalue weighted by Crippen LogP contribution is -2.26. The van der Waals surface area contributed by atoms with Gasteiger partial charge in [-0.2, -0.15) is 0 Å². The van der Waals surface area contributed by atoms with Crippen LogP contribution in [0.2, 0.25) is 0 Å². The Morgan fingerprint density at radius 1 is 1.30 bits per heavy atom. The molecule has 1 aliphatic carbocycles. The molecule has 1 aromatic carbocycles. The summed E-state index contributed by atoms with van der Waals surface area (Å²) in [7, 11) is 3.69. The SMILES string of the molecule is COc1cc(C=O)cc2c1N(C)C(c1cc3cc(C)oc3n1CC1CC1)N2. The van der Waals surface area contributed by atoms with E-state index in [9.17, 15) is 4.79 Å². The van der Waals surface area contributed by atoms with Crippen LogP contribution >= 0.6 is 0 Å². The van der Waals surface area contributed by atoms with Crippen LogP contribution in [-0.2, 0) is 6.54 Å². The van der Waals surface area contributed by atoms with Crippen LogP contribution in [0.4, 0.5) is 11.4 Å². The zero-order chi connectivity index (χ0) is 18.7. The van der Waals surface area contributed by atoms with Gasteiger partial charge in [0.2, 0.25) is 5.71 Å². The predicted octanol–water partition coefficient (Wildman–Crippen LogP) is 4.33. The van der Waals surface area contributed by atoms with Crippen LogP contribution in [0.15, 0.2) is 28.7 Å². The van der Waals surface area contributed by atoms with Gasteiger partial charge in [-0.1, -0.05) is 0 Å². The van der Waals surface area contributed by atoms with Gasteiger partial charge in [0.1, 0.15) is 29.6 Å². The van der Waals surface area contributed by atoms with Gasteiger partial charge in [0.05, 0.1) is 18.5 Å². The average molecular weight is 365 g/mol. The highest BCUT2D eigenvalue weighted by Gasteiger charge is 2.35. The smallest absolute Gasteiger partial charge is 0.207 e. The number of aryl methyl sites for hydroxylation is 1. The number of carbonyl (C=O) groups is 1. The lowest BCUT2D eigenvalue weighted by Gasteiger charge is -2.24. The van der Waals surface area contributed by atoms with Crippen LogP contribution in [0, 0.1) is 12.8 Å². The number of hydrogen-bond donors (Lipinski definition) is 1. The van der Waals surface area contributed by atoms with E-state index < -0.39 is 0 Å². The fraction of sp³-hybridized carbons (Fsp3) is 0.381. The maximum absolute atomic E-state index is 11.3. The summed E-state index contributed by atoms with van der Waals surface area (Å²) in [5.41, 5.74) is 4.60. The average Bonchev–Trinajstić information content (AvgIpc) is 3.22. The number of fused-ring (bicyclic) bond motifs is 2. The Morgan fingerprint density at radius 2 is 2.11 bits per heavy atom. The lowest BCUT2D eigenvalue weighted by molar-refractivity contribution is 0.112. The monoisotopic (exact) mass is 365 g/mol. The zero-order valence-corrected chi connectivity index (χ0v) is 15.8. The fourth-order valence-corrected chi connectivity index (χ4v) is 4.14. The summed E-state index contributed by atoms with van der Waals surface area (Å²) in [5.74, 6) is 2.37. The Balaban J connectivity index is 1.61. The Bertz CT molecular complexity index is 1040. The van der Waals surface area contributed by atoms with Crippen molar-refractivity contribution in [3.8, 4) is 5.75 Å². The molecular weight excluding hydrogens is 342 g/mol. The van der Waals surface area contributed by atoms with Crippen LogP contribution in [0.3, 0.4) is 0 Å². The largest absolute Gasteiger partial charge is 0.494 e. The van der Waals surface area contributed by atoms with Crippen molar-refractivity contribution in [2.24, 2.45) is 5.92 Å². The number of rotatable bonds is 5. The van der Waals surface area contributed by atoms with Crippen LogP contribution in [0.25, 0.3) is 11.1 Å². The van der Waals surface area contributed by atoms with Crippen LogP contribution in [0.5, 0.6) is 5.75 Å². The Hall–Kier alpha value is -2.89. The van der Waals surface area contributed by atoms with Gasteiger partial charge in [-0.05, 0) is 49.9 Å². The van der Waals surface area contributed by atoms with Gasteiger partial charge in [-0.3, -0.25) is 4.79 Å². The molecule has 1 aliphatic heterocycles. The number of hydrogen-bond acceptors (Lipinski definition) is 5. The molecule has 140 valence electrons. The van der Waals surface area contributed by atoms with Gasteiger partial charge in [0.15, 0.2) is 0 Å². The Labute approximate surface area is 157 Å². The van der Waals surface area contributed by atoms with E-state index in [0.717, 1.165) is 47.0 Å². The first-order valence-corrected chi connectivity index (χ1v) is 9.35. The molecule has 3 aromatic rings. The fourth-order valence-electron chi connectivity index (χ4n) is 4.14. The molecule has 1 fully saturated rings. The first kappa shape index (κ1) is 16.3. The molecule has 1 atom stereocenters. The minimum absolute atomic E-state index is 0.0440. The number of carbonyl (C=O) groups excluding carboxylic acids is 1. The van der Waals surface area contributed by atoms with Crippen molar-refractivity contribution >= 4 is 28.8 Å². The van der Waals surface area contributed by atoms with Gasteiger partial charge in [0, 0.05) is 24.5 Å². The number of aldehydes is 1. The van der Waals surface area contributed by atoms with E-state index in [2.05, 4.69) is 26.9 Å². The van der Waals surface area contributed by atoms with E-state index in [1.165, 1.54) is 18.5 Å². The van der Waals surface area contributed by atoms with Crippen molar-refractivity contribution in [2.45, 2.75) is 32.5 Å². The van der Waals surface area contributed by atoms with Gasteiger partial charge in [0.25, 0.3) is 0 Å². The highest BCUT2D eigenvalue weighted by molar-refractivity contribution is 5.89. The minimum atomic E-state index is -0.0440. The Morgan fingerprint density at radius 3 is 2.81 bits per heavy atom. The van der Waals surface area contributed by atoms with Crippen molar-refractivity contribution in [3.05, 3.63) is 41.3 Å². The van der Waals surface area contributed by atoms with Gasteiger partial charge < -0.3 is 23.9 Å². The molecule has 2 aromatic heterocycles. The number of anilines is 2. The second-order valence-electron chi connectivity index (χ2n) is 7.64. The third-order valence-corrected chi connectivity index (χ3v) is 5.63. The molecule has 2 aliphatic rings. The quantitative estimate of drug-likeness (QED) is 0.682. The molecular formula is C21H23N3O3. The molecule has 3 heterocycles. The summed E-state index contributed by atoms with van der Waals surface area (Å²) < 4.78 is 13.9. The molecule has 6 heteroatoms. The van der Waals surface area contributed by atoms with E-state index >= 15 is 0 Å². The molecule has 27 heavy (non-hydrogen) atoms. The molecule has 1 saturated carbocycles. The normalized spacial score (nSPS) is 18.6. The maximum Gasteiger partial charge on any atom is 0.207 e. The van der Waals surface area contributed by atoms with Gasteiger partial charge >= 0.3 is 0 Å². The van der Waals surface area contributed by atoms with E-state index in [4.69, 9.17) is 9.15 Å². The standard InChI is InChI=1S/C21H23N3O3/c1-12-6-15-9-17(24(21(15)27-12)10-13-4-5-13)20-22-16-7-14(11-25)8-18(26-3)19(16)23(20)2/h6-9,11,13,20,22H,4-5,10H2,1-3H3. The Kier molecular flexibility index (Phi) is 3.50. The van der Waals surface area contributed by atoms with Gasteiger partial charge in [-0.25, -0.2) is 0 Å². The van der Waals surface area contributed by atoms with Gasteiger partial charge in [-0.15, -0.1) is 0 Å². The molecule has 6 nitrogen and oxygen atoms in total. The summed E-state index contributed by atoms with van der Waals surface area (Å²) in [5, 5.41) is 4.71. The third kappa shape index (κ3) is 2.51. The van der Waals surface area contributed by atoms with Crippen molar-refractivity contribution in [1.82, 2.24) is 4.57 Å². The summed E-state index contributed by atoms with van der Waals surface area (Å²) in [4.78, 5) is 13.5. The van der Waals surface area contributed by atoms with Crippen molar-refractivity contribution in [2.75, 3.05) is 24.4 Å². The van der Waals surface area contributed by atoms with E-state index in [1.807, 2.05) is 20.0 Å². The number of ether oxygens (including phenoxy) is 1. The number of furan rings is 1. The number of benzene rings is 1. The van der Waals surface area contributed by atoms with Crippen molar-refractivity contribution < 1.29 is 13.9 Å². The zero-order valence-electron chi connectivity index (χ0n) is 15.8. The van der Waals surface area contributed by atoms with E-state index in [0.29, 0.717) is 11.3 Å². The highest BCUT2D eigenvalue weighted by Crippen LogP contribution is 2.47. The summed E-state index contributed by atoms with van der Waals surface area (Å²) >= 11 is 0. The van der Waals surface area contributed by atoms with Crippen molar-refractivity contribution in [3.63, 3.8) is 0 Å². The van der Waals surface area contributed by atoms with E-state index in [-0.39, 0.29) is 6.17 Å². The minimum Gasteiger partial charge on any atom is -0.494 e. The molecule has 0 bridgehead atoms. The second kappa shape index (κ2) is 5.81. The second-order valence-corrected chi connectivity index (χ2v) is 7.64. The molecule has 0 radical (unpaired) electrons. The predicted molar refractivity (Wildman–Crippen MR) is 105 cm³/mol. The van der Waals surface area contributed by atoms with Crippen LogP contribution < -0.4 is 15.0 Å². The summed E-state index contributed by atoms with van der Waals surface area (Å²) in [6, 6.07) is 7.96. The lowest BCUT2D eigenvalue weighted by atomic mass is 10.1. The summed E-state index contributed by atoms with van der Waals surface area (Å²) in [6.07, 6.45) is 3.37. The molecule has 5 rings (SSSR count). The topological polar surface area (TPSA) is 59.6 Å². The maximum atomic E-state index is 11.3. The van der Waals surface area contributed by atoms with Crippen LogP contribution in [0.1, 0.15) is 40.8 Å². The van der Waals surface area contributed by atoms with Crippen LogP contribution in [-0.4, -0.2) is 25.0 Å². The molecule has 1 unspecified atom stereocenters. The molecule has 1 N–H and O–H groups in total. The first-order chi connectivity index (χ1) is 13.1. The third-order valence-electron chi connectivity index (χ3n) is 5.63. The number of nitrogens with zero attached hydrogens (tertiary/aromatic N) is 2. The number of nitrogens with one attached hydrogen (secondary N) is 1. The van der Waals surface area contributed by atoms with Crippen molar-refractivity contribution in [1.29, 1.82) is 0 Å². The molecule has 0 spiro atoms. The molecule has 0 saturated heterocycles.